The van der Waals surface area contributed by atoms with Crippen molar-refractivity contribution in [3.8, 4) is 28.4 Å². The average Bonchev–Trinajstić information content (AvgIpc) is 3.72. The van der Waals surface area contributed by atoms with Crippen LogP contribution in [-0.2, 0) is 14.4 Å². The largest absolute Gasteiger partial charge is 0.496 e. The Morgan fingerprint density at radius 2 is 1.45 bits per heavy atom. The van der Waals surface area contributed by atoms with Gasteiger partial charge in [-0.3, -0.25) is 19.2 Å². The molecule has 0 atom stereocenters. The summed E-state index contributed by atoms with van der Waals surface area (Å²) in [5.74, 6) is -0.0649. The third-order valence-electron chi connectivity index (χ3n) is 13.8. The molecule has 4 amide bonds. The first kappa shape index (κ1) is 48.0. The molecule has 0 spiro atoms. The molecule has 1 aromatic heterocycles. The molecule has 4 saturated carbocycles. The van der Waals surface area contributed by atoms with Crippen molar-refractivity contribution in [3.05, 3.63) is 59.3 Å². The molecule has 0 aliphatic heterocycles. The summed E-state index contributed by atoms with van der Waals surface area (Å²) in [4.78, 5) is 71.5. The van der Waals surface area contributed by atoms with Gasteiger partial charge in [0.15, 0.2) is 5.69 Å². The number of hydrogen-bond acceptors (Lipinski definition) is 9. The second-order valence-corrected chi connectivity index (χ2v) is 18.6. The van der Waals surface area contributed by atoms with Crippen molar-refractivity contribution >= 4 is 29.6 Å². The van der Waals surface area contributed by atoms with Gasteiger partial charge in [0, 0.05) is 52.1 Å². The Bertz CT molecular complexity index is 2120. The van der Waals surface area contributed by atoms with Gasteiger partial charge >= 0.3 is 5.97 Å². The van der Waals surface area contributed by atoms with Crippen LogP contribution in [-0.4, -0.2) is 133 Å². The number of methoxy groups -OCH3 is 2. The minimum absolute atomic E-state index is 0.0417. The topological polar surface area (TPSA) is 176 Å². The molecule has 3 aromatic rings. The number of carbonyl (C=O) groups is 5. The van der Waals surface area contributed by atoms with E-state index in [0.29, 0.717) is 65.5 Å². The van der Waals surface area contributed by atoms with Gasteiger partial charge in [0.2, 0.25) is 11.8 Å². The molecular weight excluding hydrogens is 815 g/mol. The van der Waals surface area contributed by atoms with E-state index in [1.165, 1.54) is 0 Å². The third-order valence-corrected chi connectivity index (χ3v) is 13.8. The van der Waals surface area contributed by atoms with E-state index in [2.05, 4.69) is 15.5 Å². The molecule has 0 unspecified atom stereocenters. The maximum Gasteiger partial charge on any atom is 0.330 e. The van der Waals surface area contributed by atoms with Gasteiger partial charge in [0.1, 0.15) is 17.0 Å². The normalized spacial score (nSPS) is 20.9. The van der Waals surface area contributed by atoms with Gasteiger partial charge in [0.25, 0.3) is 11.8 Å². The fourth-order valence-corrected chi connectivity index (χ4v) is 10.6. The zero-order chi connectivity index (χ0) is 46.3. The smallest absolute Gasteiger partial charge is 0.330 e. The number of amides is 4. The first-order chi connectivity index (χ1) is 30.6. The van der Waals surface area contributed by atoms with Crippen molar-refractivity contribution in [2.75, 3.05) is 68.1 Å². The van der Waals surface area contributed by atoms with Crippen molar-refractivity contribution < 1.29 is 38.6 Å². The van der Waals surface area contributed by atoms with E-state index >= 15 is 0 Å². The van der Waals surface area contributed by atoms with E-state index in [4.69, 9.17) is 14.6 Å². The fourth-order valence-electron chi connectivity index (χ4n) is 10.6. The number of nitrogens with zero attached hydrogens (tertiary/aromatic N) is 5. The maximum absolute atomic E-state index is 14.4. The molecule has 15 heteroatoms. The summed E-state index contributed by atoms with van der Waals surface area (Å²) < 4.78 is 13.3. The Hall–Kier alpha value is -5.44. The van der Waals surface area contributed by atoms with E-state index in [1.54, 1.807) is 54.9 Å². The molecule has 4 aliphatic carbocycles. The van der Waals surface area contributed by atoms with Gasteiger partial charge in [0.05, 0.1) is 31.2 Å². The van der Waals surface area contributed by atoms with Gasteiger partial charge < -0.3 is 39.9 Å². The molecular formula is C49H69N7O8. The van der Waals surface area contributed by atoms with E-state index in [0.717, 1.165) is 70.0 Å². The predicted molar refractivity (Wildman–Crippen MR) is 245 cm³/mol. The lowest BCUT2D eigenvalue weighted by atomic mass is 9.48. The maximum atomic E-state index is 14.4. The number of benzene rings is 2. The lowest BCUT2D eigenvalue weighted by molar-refractivity contribution is -0.163. The molecule has 4 fully saturated rings. The highest BCUT2D eigenvalue weighted by Crippen LogP contribution is 2.58. The van der Waals surface area contributed by atoms with Crippen molar-refractivity contribution in [2.24, 2.45) is 23.7 Å². The minimum atomic E-state index is -1.35. The monoisotopic (exact) mass is 884 g/mol. The lowest BCUT2D eigenvalue weighted by Gasteiger charge is -2.59. The van der Waals surface area contributed by atoms with Gasteiger partial charge in [-0.25, -0.2) is 9.48 Å². The van der Waals surface area contributed by atoms with Crippen LogP contribution in [0.4, 0.5) is 0 Å². The second kappa shape index (κ2) is 21.0. The van der Waals surface area contributed by atoms with Gasteiger partial charge in [-0.15, -0.1) is 0 Å². The molecule has 15 nitrogen and oxygen atoms in total. The summed E-state index contributed by atoms with van der Waals surface area (Å²) in [5.41, 5.74) is 1.82. The van der Waals surface area contributed by atoms with Crippen LogP contribution in [0.3, 0.4) is 0 Å². The van der Waals surface area contributed by atoms with Crippen molar-refractivity contribution in [1.82, 2.24) is 35.1 Å². The Morgan fingerprint density at radius 3 is 2.02 bits per heavy atom. The van der Waals surface area contributed by atoms with Crippen molar-refractivity contribution in [1.29, 1.82) is 0 Å². The predicted octanol–water partition coefficient (Wildman–Crippen LogP) is 6.24. The SMILES string of the molecule is CCCNC(=O)CCC(=O)N(C)CCCN(C)CCCN(C)C(=O)c1ccc(-n2nc(C(=O)NC3(C(=O)O)C4CC5CC(C4)CC3C5)cc2-c2c(OC)cccc2OC)c(C(C)C)c1. The van der Waals surface area contributed by atoms with Crippen LogP contribution in [0.2, 0.25) is 0 Å². The van der Waals surface area contributed by atoms with Crippen molar-refractivity contribution in [2.45, 2.75) is 96.4 Å². The first-order valence-electron chi connectivity index (χ1n) is 23.1. The number of aromatic nitrogens is 2. The molecule has 348 valence electrons. The zero-order valence-corrected chi connectivity index (χ0v) is 39.1. The zero-order valence-electron chi connectivity index (χ0n) is 39.1. The summed E-state index contributed by atoms with van der Waals surface area (Å²) >= 11 is 0. The molecule has 0 saturated heterocycles. The Labute approximate surface area is 378 Å². The van der Waals surface area contributed by atoms with Crippen LogP contribution < -0.4 is 20.1 Å². The molecule has 2 aromatic carbocycles. The van der Waals surface area contributed by atoms with E-state index in [1.807, 2.05) is 58.2 Å². The Balaban J connectivity index is 1.16. The van der Waals surface area contributed by atoms with E-state index in [9.17, 15) is 29.1 Å². The second-order valence-electron chi connectivity index (χ2n) is 18.6. The highest BCUT2D eigenvalue weighted by Gasteiger charge is 2.62. The van der Waals surface area contributed by atoms with Crippen LogP contribution in [0.1, 0.15) is 117 Å². The molecule has 1 heterocycles. The van der Waals surface area contributed by atoms with Gasteiger partial charge in [-0.05, 0) is 143 Å². The number of carboxylic acids is 1. The molecule has 4 bridgehead atoms. The standard InChI is InChI=1S/C49H69N7O8/c1-9-19-50-43(57)17-18-44(58)54(5)22-11-20-53(4)21-12-23-55(6)47(60)34-15-16-39(37(29-34)31(2)3)56-40(45-41(63-7)13-10-14-42(45)64-8)30-38(52-56)46(59)51-49(48(61)62)35-25-32-24-33(27-35)28-36(49)26-32/h10,13-16,29-33,35-36H,9,11-12,17-28H2,1-8H3,(H,50,57)(H,51,59)(H,61,62). The fraction of sp³-hybridized carbons (Fsp3) is 0.592. The highest BCUT2D eigenvalue weighted by atomic mass is 16.5. The quantitative estimate of drug-likeness (QED) is 0.105. The molecule has 0 radical (unpaired) electrons. The first-order valence-corrected chi connectivity index (χ1v) is 23.1. The van der Waals surface area contributed by atoms with Gasteiger partial charge in [-0.2, -0.15) is 5.10 Å². The number of rotatable bonds is 22. The number of aliphatic carboxylic acids is 1. The summed E-state index contributed by atoms with van der Waals surface area (Å²) in [5, 5.41) is 21.6. The lowest BCUT2D eigenvalue weighted by Crippen LogP contribution is -2.70. The van der Waals surface area contributed by atoms with E-state index in [-0.39, 0.29) is 54.0 Å². The highest BCUT2D eigenvalue weighted by molar-refractivity contribution is 5.98. The Morgan fingerprint density at radius 1 is 0.844 bits per heavy atom. The van der Waals surface area contributed by atoms with Gasteiger partial charge in [-0.1, -0.05) is 26.8 Å². The van der Waals surface area contributed by atoms with Crippen LogP contribution in [0, 0.1) is 23.7 Å². The summed E-state index contributed by atoms with van der Waals surface area (Å²) in [6.07, 6.45) is 7.17. The van der Waals surface area contributed by atoms with Crippen LogP contribution in [0.25, 0.3) is 16.9 Å². The third kappa shape index (κ3) is 10.4. The Kier molecular flexibility index (Phi) is 15.8. The van der Waals surface area contributed by atoms with Crippen LogP contribution >= 0.6 is 0 Å². The van der Waals surface area contributed by atoms with Crippen LogP contribution in [0.15, 0.2) is 42.5 Å². The van der Waals surface area contributed by atoms with Crippen LogP contribution in [0.5, 0.6) is 11.5 Å². The number of hydrogen-bond donors (Lipinski definition) is 3. The van der Waals surface area contributed by atoms with Crippen molar-refractivity contribution in [3.63, 3.8) is 0 Å². The number of nitrogens with one attached hydrogen (secondary N) is 2. The molecule has 3 N–H and O–H groups in total. The molecule has 64 heavy (non-hydrogen) atoms. The molecule has 7 rings (SSSR count). The average molecular weight is 884 g/mol. The minimum Gasteiger partial charge on any atom is -0.496 e. The summed E-state index contributed by atoms with van der Waals surface area (Å²) in [7, 11) is 8.73. The summed E-state index contributed by atoms with van der Waals surface area (Å²) in [6.45, 7) is 9.37. The van der Waals surface area contributed by atoms with E-state index < -0.39 is 17.4 Å². The molecule has 4 aliphatic rings. The number of ether oxygens (including phenoxy) is 2. The number of carbonyl (C=O) groups excluding carboxylic acids is 4. The summed E-state index contributed by atoms with van der Waals surface area (Å²) in [6, 6.07) is 12.6. The number of carboxylic acid groups (broad SMARTS) is 1.